The van der Waals surface area contributed by atoms with Crippen LogP contribution in [0.15, 0.2) is 29.1 Å². The number of carbonyl (C=O) groups excluding carboxylic acids is 1. The molecule has 1 aromatic heterocycles. The van der Waals surface area contributed by atoms with Gasteiger partial charge in [-0.2, -0.15) is 0 Å². The number of amides is 1. The van der Waals surface area contributed by atoms with E-state index in [4.69, 9.17) is 0 Å². The molecule has 2 heterocycles. The molecule has 0 radical (unpaired) electrons. The third-order valence-electron chi connectivity index (χ3n) is 3.37. The van der Waals surface area contributed by atoms with Gasteiger partial charge in [0.1, 0.15) is 12.1 Å². The van der Waals surface area contributed by atoms with Gasteiger partial charge in [0.2, 0.25) is 5.91 Å². The van der Waals surface area contributed by atoms with Crippen molar-refractivity contribution in [3.63, 3.8) is 0 Å². The van der Waals surface area contributed by atoms with Crippen LogP contribution in [0.1, 0.15) is 12.8 Å². The molecule has 6 heteroatoms. The minimum absolute atomic E-state index is 0.0311. The van der Waals surface area contributed by atoms with E-state index in [0.717, 1.165) is 30.6 Å². The van der Waals surface area contributed by atoms with E-state index in [0.29, 0.717) is 10.9 Å². The molecule has 1 aromatic carbocycles. The van der Waals surface area contributed by atoms with Crippen molar-refractivity contribution in [2.75, 3.05) is 13.1 Å². The first-order chi connectivity index (χ1) is 9.25. The normalized spacial score (nSPS) is 15.1. The zero-order valence-electron chi connectivity index (χ0n) is 10.5. The Balaban J connectivity index is 1.91. The van der Waals surface area contributed by atoms with E-state index in [1.807, 2.05) is 0 Å². The molecule has 0 bridgehead atoms. The number of fused-ring (bicyclic) bond motifs is 1. The van der Waals surface area contributed by atoms with Gasteiger partial charge in [-0.05, 0) is 25.0 Å². The van der Waals surface area contributed by atoms with Crippen LogP contribution in [0.5, 0.6) is 0 Å². The summed E-state index contributed by atoms with van der Waals surface area (Å²) in [6, 6.07) is 7.01. The van der Waals surface area contributed by atoms with E-state index in [1.165, 1.54) is 0 Å². The Morgan fingerprint density at radius 2 is 1.95 bits per heavy atom. The molecule has 1 amide bonds. The summed E-state index contributed by atoms with van der Waals surface area (Å²) in [5.74, 6) is -0.0656. The van der Waals surface area contributed by atoms with Crippen LogP contribution < -0.4 is 5.56 Å². The van der Waals surface area contributed by atoms with Crippen molar-refractivity contribution in [3.05, 3.63) is 34.6 Å². The van der Waals surface area contributed by atoms with E-state index in [9.17, 15) is 9.59 Å². The molecule has 0 saturated carbocycles. The average Bonchev–Trinajstić information content (AvgIpc) is 2.96. The fraction of sp³-hybridized carbons (Fsp3) is 0.385. The number of carbonyl (C=O) groups is 1. The highest BCUT2D eigenvalue weighted by molar-refractivity contribution is 5.78. The Labute approximate surface area is 109 Å². The molecule has 1 aliphatic rings. The zero-order valence-corrected chi connectivity index (χ0v) is 10.5. The summed E-state index contributed by atoms with van der Waals surface area (Å²) in [6.45, 7) is 1.51. The largest absolute Gasteiger partial charge is 0.341 e. The van der Waals surface area contributed by atoms with Gasteiger partial charge >= 0.3 is 0 Å². The first kappa shape index (κ1) is 11.8. The standard InChI is InChI=1S/C13H14N4O2/c18-12(16-7-3-4-8-16)9-17-13(19)10-5-1-2-6-11(10)14-15-17/h1-2,5-6H,3-4,7-9H2. The molecule has 2 aromatic rings. The van der Waals surface area contributed by atoms with Crippen LogP contribution in [-0.4, -0.2) is 38.9 Å². The summed E-state index contributed by atoms with van der Waals surface area (Å²) in [6.07, 6.45) is 2.06. The summed E-state index contributed by atoms with van der Waals surface area (Å²) in [5, 5.41) is 8.28. The van der Waals surface area contributed by atoms with E-state index in [-0.39, 0.29) is 18.0 Å². The van der Waals surface area contributed by atoms with Crippen molar-refractivity contribution in [1.82, 2.24) is 19.9 Å². The number of hydrogen-bond acceptors (Lipinski definition) is 4. The summed E-state index contributed by atoms with van der Waals surface area (Å²) < 4.78 is 1.14. The van der Waals surface area contributed by atoms with Gasteiger partial charge in [-0.3, -0.25) is 9.59 Å². The number of benzene rings is 1. The zero-order chi connectivity index (χ0) is 13.2. The smallest absolute Gasteiger partial charge is 0.278 e. The van der Waals surface area contributed by atoms with Gasteiger partial charge in [0.05, 0.1) is 5.39 Å². The maximum Gasteiger partial charge on any atom is 0.278 e. The molecule has 0 aliphatic carbocycles. The summed E-state index contributed by atoms with van der Waals surface area (Å²) in [4.78, 5) is 25.9. The topological polar surface area (TPSA) is 68.1 Å². The van der Waals surface area contributed by atoms with Crippen LogP contribution in [0.3, 0.4) is 0 Å². The van der Waals surface area contributed by atoms with Crippen LogP contribution >= 0.6 is 0 Å². The molecule has 1 aliphatic heterocycles. The number of hydrogen-bond donors (Lipinski definition) is 0. The predicted molar refractivity (Wildman–Crippen MR) is 69.6 cm³/mol. The van der Waals surface area contributed by atoms with Gasteiger partial charge in [0.15, 0.2) is 0 Å². The molecule has 1 fully saturated rings. The van der Waals surface area contributed by atoms with Gasteiger partial charge in [0, 0.05) is 13.1 Å². The molecule has 1 saturated heterocycles. The van der Waals surface area contributed by atoms with E-state index in [2.05, 4.69) is 10.3 Å². The maximum atomic E-state index is 12.2. The third kappa shape index (κ3) is 2.21. The van der Waals surface area contributed by atoms with Gasteiger partial charge in [-0.15, -0.1) is 5.10 Å². The van der Waals surface area contributed by atoms with Crippen LogP contribution in [-0.2, 0) is 11.3 Å². The van der Waals surface area contributed by atoms with Crippen LogP contribution in [0.4, 0.5) is 0 Å². The van der Waals surface area contributed by atoms with E-state index >= 15 is 0 Å². The molecule has 6 nitrogen and oxygen atoms in total. The molecule has 0 unspecified atom stereocenters. The van der Waals surface area contributed by atoms with Crippen molar-refractivity contribution < 1.29 is 4.79 Å². The highest BCUT2D eigenvalue weighted by atomic mass is 16.2. The molecular formula is C13H14N4O2. The van der Waals surface area contributed by atoms with Crippen LogP contribution in [0.2, 0.25) is 0 Å². The van der Waals surface area contributed by atoms with E-state index < -0.39 is 0 Å². The SMILES string of the molecule is O=C(Cn1nnc2ccccc2c1=O)N1CCCC1. The Bertz CT molecular complexity index is 674. The predicted octanol–water partition coefficient (Wildman–Crippen LogP) is 0.414. The number of likely N-dealkylation sites (tertiary alicyclic amines) is 1. The lowest BCUT2D eigenvalue weighted by molar-refractivity contribution is -0.131. The minimum atomic E-state index is -0.266. The fourth-order valence-electron chi connectivity index (χ4n) is 2.32. The quantitative estimate of drug-likeness (QED) is 0.782. The molecule has 98 valence electrons. The van der Waals surface area contributed by atoms with Gasteiger partial charge in [-0.1, -0.05) is 17.3 Å². The third-order valence-corrected chi connectivity index (χ3v) is 3.37. The summed E-state index contributed by atoms with van der Waals surface area (Å²) in [5.41, 5.74) is 0.288. The van der Waals surface area contributed by atoms with E-state index in [1.54, 1.807) is 29.2 Å². The molecule has 3 rings (SSSR count). The van der Waals surface area contributed by atoms with Crippen LogP contribution in [0.25, 0.3) is 10.9 Å². The van der Waals surface area contributed by atoms with Crippen molar-refractivity contribution in [2.45, 2.75) is 19.4 Å². The molecule has 0 atom stereocenters. The van der Waals surface area contributed by atoms with Gasteiger partial charge in [0.25, 0.3) is 5.56 Å². The minimum Gasteiger partial charge on any atom is -0.341 e. The second-order valence-electron chi connectivity index (χ2n) is 4.66. The lowest BCUT2D eigenvalue weighted by Gasteiger charge is -2.15. The molecule has 0 N–H and O–H groups in total. The number of aromatic nitrogens is 3. The number of nitrogens with zero attached hydrogens (tertiary/aromatic N) is 4. The Kier molecular flexibility index (Phi) is 2.98. The molecule has 19 heavy (non-hydrogen) atoms. The Morgan fingerprint density at radius 3 is 2.74 bits per heavy atom. The average molecular weight is 258 g/mol. The highest BCUT2D eigenvalue weighted by Gasteiger charge is 2.19. The Hall–Kier alpha value is -2.24. The van der Waals surface area contributed by atoms with Crippen molar-refractivity contribution in [2.24, 2.45) is 0 Å². The second kappa shape index (κ2) is 4.79. The lowest BCUT2D eigenvalue weighted by atomic mass is 10.2. The Morgan fingerprint density at radius 1 is 1.21 bits per heavy atom. The summed E-state index contributed by atoms with van der Waals surface area (Å²) >= 11 is 0. The van der Waals surface area contributed by atoms with Crippen LogP contribution in [0, 0.1) is 0 Å². The lowest BCUT2D eigenvalue weighted by Crippen LogP contribution is -2.36. The first-order valence-electron chi connectivity index (χ1n) is 6.36. The first-order valence-corrected chi connectivity index (χ1v) is 6.36. The maximum absolute atomic E-state index is 12.2. The molecule has 0 spiro atoms. The van der Waals surface area contributed by atoms with Crippen molar-refractivity contribution in [1.29, 1.82) is 0 Å². The second-order valence-corrected chi connectivity index (χ2v) is 4.66. The number of rotatable bonds is 2. The molecular weight excluding hydrogens is 244 g/mol. The van der Waals surface area contributed by atoms with Gasteiger partial charge in [-0.25, -0.2) is 4.68 Å². The summed E-state index contributed by atoms with van der Waals surface area (Å²) in [7, 11) is 0. The monoisotopic (exact) mass is 258 g/mol. The van der Waals surface area contributed by atoms with Crippen molar-refractivity contribution >= 4 is 16.8 Å². The highest BCUT2D eigenvalue weighted by Crippen LogP contribution is 2.08. The fourth-order valence-corrected chi connectivity index (χ4v) is 2.32. The van der Waals surface area contributed by atoms with Crippen molar-refractivity contribution in [3.8, 4) is 0 Å². The van der Waals surface area contributed by atoms with Gasteiger partial charge < -0.3 is 4.90 Å².